The lowest BCUT2D eigenvalue weighted by atomic mass is 9.76. The van der Waals surface area contributed by atoms with Gasteiger partial charge in [0.1, 0.15) is 23.2 Å². The number of aromatic nitrogens is 5. The van der Waals surface area contributed by atoms with Crippen LogP contribution >= 0.6 is 0 Å². The summed E-state index contributed by atoms with van der Waals surface area (Å²) in [5, 5.41) is 7.00. The maximum absolute atomic E-state index is 13.8. The average molecular weight is 969 g/mol. The number of esters is 2. The highest BCUT2D eigenvalue weighted by Gasteiger charge is 2.42. The van der Waals surface area contributed by atoms with Crippen molar-refractivity contribution in [3.63, 3.8) is 0 Å². The number of nitrogens with zero attached hydrogens (tertiary/aromatic N) is 6. The third kappa shape index (κ3) is 10.2. The number of ether oxygens (including phenoxy) is 2. The van der Waals surface area contributed by atoms with Crippen molar-refractivity contribution in [2.24, 2.45) is 0 Å². The van der Waals surface area contributed by atoms with E-state index in [2.05, 4.69) is 92.6 Å². The Morgan fingerprint density at radius 3 is 1.04 bits per heavy atom. The quantitative estimate of drug-likeness (QED) is 0.0532. The maximum Gasteiger partial charge on any atom is 0.323 e. The zero-order valence-corrected chi connectivity index (χ0v) is 41.6. The molecule has 3 aromatic heterocycles. The molecule has 0 radical (unpaired) electrons. The van der Waals surface area contributed by atoms with Crippen LogP contribution in [0.15, 0.2) is 219 Å². The summed E-state index contributed by atoms with van der Waals surface area (Å²) in [7, 11) is 6.75. The van der Waals surface area contributed by atoms with Gasteiger partial charge in [-0.1, -0.05) is 182 Å². The first kappa shape index (κ1) is 49.5. The highest BCUT2D eigenvalue weighted by Crippen LogP contribution is 2.43. The molecule has 0 spiro atoms. The number of pyridine rings is 1. The minimum atomic E-state index is -0.823. The fourth-order valence-corrected chi connectivity index (χ4v) is 10.2. The van der Waals surface area contributed by atoms with Gasteiger partial charge in [0.05, 0.1) is 38.3 Å². The van der Waals surface area contributed by atoms with Crippen LogP contribution in [0.3, 0.4) is 0 Å². The Labute approximate surface area is 427 Å². The van der Waals surface area contributed by atoms with Crippen LogP contribution in [0.25, 0.3) is 0 Å². The summed E-state index contributed by atoms with van der Waals surface area (Å²) in [6.07, 6.45) is 7.87. The largest absolute Gasteiger partial charge is 0.468 e. The van der Waals surface area contributed by atoms with E-state index in [1.807, 2.05) is 165 Å². The van der Waals surface area contributed by atoms with Crippen molar-refractivity contribution in [3.05, 3.63) is 275 Å². The number of hydrogen-bond acceptors (Lipinski definition) is 10. The molecule has 12 nitrogen and oxygen atoms in total. The zero-order valence-electron chi connectivity index (χ0n) is 41.6. The molecule has 9 aromatic rings. The SMILES string of the molecule is COC(=O)[C@H](Cc1cncn1C(c1ccccc1)(c1ccccc1)c1ccccc1)NCc1cc(N(C)C)cc(CN[C@@H](Cc2cncn2C(c2ccccc2)(c2ccccc2)c2ccccc2)C(=O)OC)n1. The fourth-order valence-electron chi connectivity index (χ4n) is 10.2. The van der Waals surface area contributed by atoms with E-state index in [9.17, 15) is 9.59 Å². The molecule has 0 aliphatic carbocycles. The van der Waals surface area contributed by atoms with E-state index >= 15 is 0 Å². The number of anilines is 1. The molecule has 0 unspecified atom stereocenters. The zero-order chi connectivity index (χ0) is 50.6. The van der Waals surface area contributed by atoms with Crippen LogP contribution in [0, 0.1) is 0 Å². The Hall–Kier alpha value is -8.45. The van der Waals surface area contributed by atoms with Crippen molar-refractivity contribution in [1.82, 2.24) is 34.7 Å². The first-order chi connectivity index (χ1) is 35.8. The van der Waals surface area contributed by atoms with Crippen LogP contribution in [-0.2, 0) is 56.1 Å². The van der Waals surface area contributed by atoms with E-state index in [1.54, 1.807) is 0 Å². The van der Waals surface area contributed by atoms with Gasteiger partial charge in [-0.25, -0.2) is 9.97 Å². The van der Waals surface area contributed by atoms with Crippen LogP contribution < -0.4 is 15.5 Å². The molecule has 0 saturated carbocycles. The number of methoxy groups -OCH3 is 2. The van der Waals surface area contributed by atoms with Gasteiger partial charge in [0.25, 0.3) is 0 Å². The summed E-state index contributed by atoms with van der Waals surface area (Å²) in [5.41, 5.74) is 8.55. The molecule has 12 heteroatoms. The second-order valence-electron chi connectivity index (χ2n) is 18.2. The number of nitrogens with one attached hydrogen (secondary N) is 2. The monoisotopic (exact) mass is 968 g/mol. The lowest BCUT2D eigenvalue weighted by molar-refractivity contribution is -0.144. The second kappa shape index (κ2) is 22.7. The van der Waals surface area contributed by atoms with Gasteiger partial charge < -0.3 is 23.5 Å². The fraction of sp³-hybridized carbons (Fsp3) is 0.197. The highest BCUT2D eigenvalue weighted by molar-refractivity contribution is 5.76. The summed E-state index contributed by atoms with van der Waals surface area (Å²) < 4.78 is 15.2. The number of imidazole rings is 2. The predicted octanol–water partition coefficient (Wildman–Crippen LogP) is 8.97. The summed E-state index contributed by atoms with van der Waals surface area (Å²) in [5.74, 6) is -0.835. The van der Waals surface area contributed by atoms with Crippen LogP contribution in [0.5, 0.6) is 0 Å². The molecule has 0 fully saturated rings. The molecule has 0 aliphatic rings. The third-order valence-electron chi connectivity index (χ3n) is 13.6. The van der Waals surface area contributed by atoms with E-state index in [4.69, 9.17) is 24.4 Å². The molecule has 0 bridgehead atoms. The minimum Gasteiger partial charge on any atom is -0.468 e. The topological polar surface area (TPSA) is 128 Å². The molecule has 9 rings (SSSR count). The summed E-state index contributed by atoms with van der Waals surface area (Å²) >= 11 is 0. The Bertz CT molecular complexity index is 2780. The Kier molecular flexibility index (Phi) is 15.4. The van der Waals surface area contributed by atoms with Crippen molar-refractivity contribution in [1.29, 1.82) is 0 Å². The molecule has 6 aromatic carbocycles. The molecule has 2 atom stereocenters. The highest BCUT2D eigenvalue weighted by atomic mass is 16.5. The predicted molar refractivity (Wildman–Crippen MR) is 285 cm³/mol. The lowest BCUT2D eigenvalue weighted by Gasteiger charge is -2.39. The van der Waals surface area contributed by atoms with Gasteiger partial charge >= 0.3 is 11.9 Å². The van der Waals surface area contributed by atoms with Crippen molar-refractivity contribution in [2.75, 3.05) is 33.2 Å². The molecular weight excluding hydrogens is 909 g/mol. The van der Waals surface area contributed by atoms with Gasteiger partial charge in [-0.15, -0.1) is 0 Å². The summed E-state index contributed by atoms with van der Waals surface area (Å²) in [4.78, 5) is 44.1. The third-order valence-corrected chi connectivity index (χ3v) is 13.6. The van der Waals surface area contributed by atoms with E-state index in [0.717, 1.165) is 50.5 Å². The lowest BCUT2D eigenvalue weighted by Crippen LogP contribution is -2.43. The van der Waals surface area contributed by atoms with Gasteiger partial charge in [0.15, 0.2) is 0 Å². The van der Waals surface area contributed by atoms with E-state index < -0.39 is 35.1 Å². The first-order valence-electron chi connectivity index (χ1n) is 24.4. The van der Waals surface area contributed by atoms with Crippen molar-refractivity contribution < 1.29 is 19.1 Å². The second-order valence-corrected chi connectivity index (χ2v) is 18.2. The van der Waals surface area contributed by atoms with Crippen molar-refractivity contribution in [2.45, 2.75) is 49.1 Å². The van der Waals surface area contributed by atoms with E-state index in [-0.39, 0.29) is 25.9 Å². The van der Waals surface area contributed by atoms with Crippen molar-refractivity contribution in [3.8, 4) is 0 Å². The molecular formula is C61H60N8O4. The minimum absolute atomic E-state index is 0.240. The van der Waals surface area contributed by atoms with Crippen LogP contribution in [0.4, 0.5) is 5.69 Å². The molecule has 2 N–H and O–H groups in total. The van der Waals surface area contributed by atoms with Crippen LogP contribution in [0.2, 0.25) is 0 Å². The smallest absolute Gasteiger partial charge is 0.323 e. The molecule has 0 amide bonds. The van der Waals surface area contributed by atoms with Crippen molar-refractivity contribution >= 4 is 17.6 Å². The van der Waals surface area contributed by atoms with E-state index in [1.165, 1.54) is 14.2 Å². The normalized spacial score (nSPS) is 12.4. The van der Waals surface area contributed by atoms with Gasteiger partial charge in [-0.2, -0.15) is 0 Å². The first-order valence-corrected chi connectivity index (χ1v) is 24.4. The van der Waals surface area contributed by atoms with Crippen LogP contribution in [-0.4, -0.2) is 76.4 Å². The molecule has 0 saturated heterocycles. The number of benzene rings is 6. The summed E-state index contributed by atoms with van der Waals surface area (Å²) in [6, 6.07) is 64.7. The molecule has 0 aliphatic heterocycles. The number of rotatable bonds is 21. The van der Waals surface area contributed by atoms with E-state index in [0.29, 0.717) is 11.4 Å². The van der Waals surface area contributed by atoms with Crippen LogP contribution in [0.1, 0.15) is 56.2 Å². The van der Waals surface area contributed by atoms with Gasteiger partial charge in [-0.3, -0.25) is 25.2 Å². The molecule has 3 heterocycles. The average Bonchev–Trinajstić information content (AvgIpc) is 4.13. The Balaban J connectivity index is 1.00. The summed E-state index contributed by atoms with van der Waals surface area (Å²) in [6.45, 7) is 0.480. The molecule has 73 heavy (non-hydrogen) atoms. The number of carbonyl (C=O) groups excluding carboxylic acids is 2. The Morgan fingerprint density at radius 1 is 0.493 bits per heavy atom. The van der Waals surface area contributed by atoms with Gasteiger partial charge in [0, 0.05) is 69.5 Å². The molecule has 368 valence electrons. The number of carbonyl (C=O) groups is 2. The van der Waals surface area contributed by atoms with Gasteiger partial charge in [0.2, 0.25) is 0 Å². The standard InChI is InChI=1S/C61H60N8O4/c1-67(2)53-35-51(39-64-56(58(70)72-3)37-54-41-62-43-68(54)60(45-23-11-5-12-24-45,46-25-13-6-14-26-46)47-27-15-7-16-28-47)66-52(36-53)40-65-57(59(71)73-4)38-55-42-63-44-69(55)61(48-29-17-8-18-30-48,49-31-19-9-20-32-49)50-33-21-10-22-34-50/h5-36,41-44,56-57,64-65H,37-40H2,1-4H3/t56-,57-/m0/s1. The number of hydrogen-bond donors (Lipinski definition) is 2. The Morgan fingerprint density at radius 2 is 0.781 bits per heavy atom. The van der Waals surface area contributed by atoms with Gasteiger partial charge in [-0.05, 0) is 45.5 Å². The maximum atomic E-state index is 13.8.